The fourth-order valence-electron chi connectivity index (χ4n) is 3.82. The molecule has 4 nitrogen and oxygen atoms in total. The normalized spacial score (nSPS) is 24.1. The molecule has 4 heteroatoms. The van der Waals surface area contributed by atoms with Gasteiger partial charge in [-0.25, -0.2) is 0 Å². The first-order valence-corrected chi connectivity index (χ1v) is 8.85. The van der Waals surface area contributed by atoms with Crippen LogP contribution in [-0.4, -0.2) is 40.4 Å². The van der Waals surface area contributed by atoms with Gasteiger partial charge in [0, 0.05) is 25.3 Å². The molecule has 1 aromatic rings. The van der Waals surface area contributed by atoms with Crippen LogP contribution in [0.4, 0.5) is 0 Å². The SMILES string of the molecule is CCCNCC1CCCN1Cc1ccn(C2CCCC2)n1. The molecular weight excluding hydrogens is 260 g/mol. The summed E-state index contributed by atoms with van der Waals surface area (Å²) in [5.74, 6) is 0. The number of nitrogens with one attached hydrogen (secondary N) is 1. The molecule has 1 aliphatic heterocycles. The smallest absolute Gasteiger partial charge is 0.0765 e. The van der Waals surface area contributed by atoms with E-state index < -0.39 is 0 Å². The van der Waals surface area contributed by atoms with E-state index in [1.54, 1.807) is 0 Å². The van der Waals surface area contributed by atoms with Crippen LogP contribution in [0.25, 0.3) is 0 Å². The molecule has 0 aromatic carbocycles. The van der Waals surface area contributed by atoms with Gasteiger partial charge < -0.3 is 5.32 Å². The highest BCUT2D eigenvalue weighted by molar-refractivity contribution is 5.01. The second kappa shape index (κ2) is 7.41. The fraction of sp³-hybridized carbons (Fsp3) is 0.824. The van der Waals surface area contributed by atoms with E-state index >= 15 is 0 Å². The van der Waals surface area contributed by atoms with Crippen molar-refractivity contribution in [3.63, 3.8) is 0 Å². The lowest BCUT2D eigenvalue weighted by atomic mass is 10.2. The van der Waals surface area contributed by atoms with Crippen LogP contribution in [0.15, 0.2) is 12.3 Å². The van der Waals surface area contributed by atoms with Crippen molar-refractivity contribution < 1.29 is 0 Å². The molecule has 0 bridgehead atoms. The van der Waals surface area contributed by atoms with Gasteiger partial charge in [-0.3, -0.25) is 9.58 Å². The van der Waals surface area contributed by atoms with Crippen molar-refractivity contribution in [3.8, 4) is 0 Å². The Morgan fingerprint density at radius 2 is 2.10 bits per heavy atom. The van der Waals surface area contributed by atoms with Crippen molar-refractivity contribution >= 4 is 0 Å². The third kappa shape index (κ3) is 3.86. The van der Waals surface area contributed by atoms with Crippen LogP contribution >= 0.6 is 0 Å². The van der Waals surface area contributed by atoms with Gasteiger partial charge in [0.1, 0.15) is 0 Å². The summed E-state index contributed by atoms with van der Waals surface area (Å²) in [5, 5.41) is 8.42. The van der Waals surface area contributed by atoms with Gasteiger partial charge in [-0.2, -0.15) is 5.10 Å². The maximum absolute atomic E-state index is 4.84. The summed E-state index contributed by atoms with van der Waals surface area (Å²) in [6.07, 6.45) is 11.5. The van der Waals surface area contributed by atoms with E-state index in [2.05, 4.69) is 34.1 Å². The van der Waals surface area contributed by atoms with Crippen LogP contribution in [0.2, 0.25) is 0 Å². The van der Waals surface area contributed by atoms with E-state index in [0.29, 0.717) is 12.1 Å². The second-order valence-corrected chi connectivity index (χ2v) is 6.70. The zero-order chi connectivity index (χ0) is 14.5. The third-order valence-corrected chi connectivity index (χ3v) is 5.03. The minimum atomic E-state index is 0.666. The zero-order valence-electron chi connectivity index (χ0n) is 13.4. The van der Waals surface area contributed by atoms with Crippen LogP contribution < -0.4 is 5.32 Å². The van der Waals surface area contributed by atoms with Crippen LogP contribution in [0.5, 0.6) is 0 Å². The third-order valence-electron chi connectivity index (χ3n) is 5.03. The molecule has 1 N–H and O–H groups in total. The van der Waals surface area contributed by atoms with Gasteiger partial charge >= 0.3 is 0 Å². The first-order chi connectivity index (χ1) is 10.4. The van der Waals surface area contributed by atoms with E-state index in [1.807, 2.05) is 0 Å². The van der Waals surface area contributed by atoms with Crippen molar-refractivity contribution in [1.82, 2.24) is 20.0 Å². The quantitative estimate of drug-likeness (QED) is 0.784. The Hall–Kier alpha value is -0.870. The maximum atomic E-state index is 4.84. The van der Waals surface area contributed by atoms with Crippen LogP contribution in [0.1, 0.15) is 63.6 Å². The maximum Gasteiger partial charge on any atom is 0.0765 e. The summed E-state index contributed by atoms with van der Waals surface area (Å²) in [6.45, 7) is 6.76. The van der Waals surface area contributed by atoms with Crippen LogP contribution in [0.3, 0.4) is 0 Å². The van der Waals surface area contributed by atoms with Gasteiger partial charge in [0.2, 0.25) is 0 Å². The number of hydrogen-bond acceptors (Lipinski definition) is 3. The summed E-state index contributed by atoms with van der Waals surface area (Å²) in [6, 6.07) is 3.60. The molecule has 1 atom stereocenters. The highest BCUT2D eigenvalue weighted by Gasteiger charge is 2.25. The van der Waals surface area contributed by atoms with Crippen molar-refractivity contribution in [2.24, 2.45) is 0 Å². The molecule has 1 unspecified atom stereocenters. The number of likely N-dealkylation sites (tertiary alicyclic amines) is 1. The molecule has 2 aliphatic rings. The minimum Gasteiger partial charge on any atom is -0.315 e. The average molecular weight is 290 g/mol. The Balaban J connectivity index is 1.52. The minimum absolute atomic E-state index is 0.666. The molecule has 21 heavy (non-hydrogen) atoms. The molecule has 1 aliphatic carbocycles. The number of rotatable bonds is 7. The fourth-order valence-corrected chi connectivity index (χ4v) is 3.82. The van der Waals surface area contributed by atoms with Gasteiger partial charge in [0.15, 0.2) is 0 Å². The van der Waals surface area contributed by atoms with Crippen molar-refractivity contribution in [1.29, 1.82) is 0 Å². The number of hydrogen-bond donors (Lipinski definition) is 1. The summed E-state index contributed by atoms with van der Waals surface area (Å²) in [5.41, 5.74) is 1.25. The first kappa shape index (κ1) is 15.0. The van der Waals surface area contributed by atoms with Crippen LogP contribution in [0, 0.1) is 0 Å². The molecule has 1 aromatic heterocycles. The molecule has 2 heterocycles. The average Bonchev–Trinajstić information content (AvgIpc) is 3.20. The van der Waals surface area contributed by atoms with Gasteiger partial charge in [-0.05, 0) is 51.3 Å². The van der Waals surface area contributed by atoms with Crippen LogP contribution in [-0.2, 0) is 6.54 Å². The largest absolute Gasteiger partial charge is 0.315 e. The topological polar surface area (TPSA) is 33.1 Å². The monoisotopic (exact) mass is 290 g/mol. The molecule has 0 amide bonds. The molecule has 2 fully saturated rings. The first-order valence-electron chi connectivity index (χ1n) is 8.85. The summed E-state index contributed by atoms with van der Waals surface area (Å²) in [4.78, 5) is 2.62. The van der Waals surface area contributed by atoms with E-state index in [0.717, 1.165) is 19.6 Å². The van der Waals surface area contributed by atoms with E-state index in [4.69, 9.17) is 5.10 Å². The lowest BCUT2D eigenvalue weighted by molar-refractivity contribution is 0.235. The predicted octanol–water partition coefficient (Wildman–Crippen LogP) is 2.96. The van der Waals surface area contributed by atoms with Gasteiger partial charge in [0.05, 0.1) is 11.7 Å². The van der Waals surface area contributed by atoms with E-state index in [-0.39, 0.29) is 0 Å². The standard InChI is InChI=1S/C17H30N4/c1-2-10-18-13-17-8-5-11-20(17)14-15-9-12-21(19-15)16-6-3-4-7-16/h9,12,16-18H,2-8,10-11,13-14H2,1H3. The highest BCUT2D eigenvalue weighted by Crippen LogP contribution is 2.29. The second-order valence-electron chi connectivity index (χ2n) is 6.70. The lowest BCUT2D eigenvalue weighted by Gasteiger charge is -2.24. The zero-order valence-corrected chi connectivity index (χ0v) is 13.4. The Labute approximate surface area is 128 Å². The van der Waals surface area contributed by atoms with Crippen molar-refractivity contribution in [3.05, 3.63) is 18.0 Å². The predicted molar refractivity (Wildman–Crippen MR) is 86.3 cm³/mol. The Morgan fingerprint density at radius 1 is 1.24 bits per heavy atom. The Kier molecular flexibility index (Phi) is 5.31. The van der Waals surface area contributed by atoms with Gasteiger partial charge in [-0.1, -0.05) is 19.8 Å². The molecular formula is C17H30N4. The van der Waals surface area contributed by atoms with E-state index in [1.165, 1.54) is 57.2 Å². The van der Waals surface area contributed by atoms with Crippen molar-refractivity contribution in [2.75, 3.05) is 19.6 Å². The molecule has 3 rings (SSSR count). The molecule has 1 saturated carbocycles. The van der Waals surface area contributed by atoms with E-state index in [9.17, 15) is 0 Å². The Morgan fingerprint density at radius 3 is 2.90 bits per heavy atom. The Bertz CT molecular complexity index is 422. The van der Waals surface area contributed by atoms with Gasteiger partial charge in [0.25, 0.3) is 0 Å². The number of aromatic nitrogens is 2. The highest BCUT2D eigenvalue weighted by atomic mass is 15.3. The molecule has 1 saturated heterocycles. The van der Waals surface area contributed by atoms with Crippen molar-refractivity contribution in [2.45, 2.75) is 70.5 Å². The number of nitrogens with zero attached hydrogens (tertiary/aromatic N) is 3. The van der Waals surface area contributed by atoms with Gasteiger partial charge in [-0.15, -0.1) is 0 Å². The molecule has 118 valence electrons. The lowest BCUT2D eigenvalue weighted by Crippen LogP contribution is -2.37. The molecule has 0 spiro atoms. The summed E-state index contributed by atoms with van der Waals surface area (Å²) in [7, 11) is 0. The summed E-state index contributed by atoms with van der Waals surface area (Å²) < 4.78 is 2.22. The summed E-state index contributed by atoms with van der Waals surface area (Å²) >= 11 is 0. The molecule has 0 radical (unpaired) electrons.